The molecule has 1 heterocycles. The molecule has 0 radical (unpaired) electrons. The maximum Gasteiger partial charge on any atom is 0.251 e. The Bertz CT molecular complexity index is 1280. The maximum atomic E-state index is 12.5. The molecule has 3 amide bonds. The molecule has 8 nitrogen and oxygen atoms in total. The van der Waals surface area contributed by atoms with Gasteiger partial charge in [0.2, 0.25) is 11.8 Å². The first-order valence-electron chi connectivity index (χ1n) is 11.5. The van der Waals surface area contributed by atoms with Gasteiger partial charge in [0.1, 0.15) is 5.69 Å². The third kappa shape index (κ3) is 6.44. The highest BCUT2D eigenvalue weighted by atomic mass is 16.4. The molecule has 0 aliphatic rings. The molecule has 0 atom stereocenters. The monoisotopic (exact) mass is 482 g/mol. The lowest BCUT2D eigenvalue weighted by Crippen LogP contribution is -2.33. The van der Waals surface area contributed by atoms with E-state index in [1.165, 1.54) is 0 Å². The van der Waals surface area contributed by atoms with Crippen molar-refractivity contribution in [2.24, 2.45) is 5.73 Å². The van der Waals surface area contributed by atoms with E-state index in [1.54, 1.807) is 24.3 Å². The van der Waals surface area contributed by atoms with E-state index in [4.69, 9.17) is 10.2 Å². The zero-order valence-corrected chi connectivity index (χ0v) is 19.6. The van der Waals surface area contributed by atoms with Gasteiger partial charge in [-0.15, -0.1) is 0 Å². The van der Waals surface area contributed by atoms with Crippen LogP contribution in [0.3, 0.4) is 0 Å². The summed E-state index contributed by atoms with van der Waals surface area (Å²) in [5.41, 5.74) is 8.89. The lowest BCUT2D eigenvalue weighted by atomic mass is 10.1. The van der Waals surface area contributed by atoms with Crippen molar-refractivity contribution in [2.45, 2.75) is 19.4 Å². The van der Waals surface area contributed by atoms with Crippen molar-refractivity contribution in [3.63, 3.8) is 0 Å². The first kappa shape index (κ1) is 24.4. The minimum absolute atomic E-state index is 0.140. The largest absolute Gasteiger partial charge is 0.440 e. The van der Waals surface area contributed by atoms with Crippen molar-refractivity contribution in [1.29, 1.82) is 0 Å². The highest BCUT2D eigenvalue weighted by molar-refractivity contribution is 5.96. The minimum atomic E-state index is -0.611. The summed E-state index contributed by atoms with van der Waals surface area (Å²) >= 11 is 0. The molecule has 182 valence electrons. The van der Waals surface area contributed by atoms with Crippen LogP contribution in [-0.4, -0.2) is 29.3 Å². The summed E-state index contributed by atoms with van der Waals surface area (Å²) in [4.78, 5) is 39.9. The van der Waals surface area contributed by atoms with Crippen LogP contribution in [0.4, 0.5) is 0 Å². The number of hydrogen-bond acceptors (Lipinski definition) is 5. The lowest BCUT2D eigenvalue weighted by Gasteiger charge is -2.06. The summed E-state index contributed by atoms with van der Waals surface area (Å²) in [5.74, 6) is 0.0328. The average Bonchev–Trinajstić information content (AvgIpc) is 3.35. The van der Waals surface area contributed by atoms with Gasteiger partial charge in [-0.3, -0.25) is 14.4 Å². The number of amides is 3. The van der Waals surface area contributed by atoms with Crippen LogP contribution in [0, 0.1) is 0 Å². The van der Waals surface area contributed by atoms with Gasteiger partial charge in [0.25, 0.3) is 5.91 Å². The molecule has 8 heteroatoms. The lowest BCUT2D eigenvalue weighted by molar-refractivity contribution is -0.121. The fourth-order valence-electron chi connectivity index (χ4n) is 3.60. The van der Waals surface area contributed by atoms with Crippen LogP contribution < -0.4 is 16.4 Å². The van der Waals surface area contributed by atoms with Gasteiger partial charge in [-0.25, -0.2) is 4.98 Å². The molecule has 3 aromatic carbocycles. The van der Waals surface area contributed by atoms with Crippen molar-refractivity contribution < 1.29 is 18.8 Å². The second-order valence-corrected chi connectivity index (χ2v) is 8.14. The first-order valence-corrected chi connectivity index (χ1v) is 11.5. The van der Waals surface area contributed by atoms with Crippen LogP contribution in [0.5, 0.6) is 0 Å². The number of rotatable bonds is 10. The molecule has 1 aromatic heterocycles. The van der Waals surface area contributed by atoms with Gasteiger partial charge in [0, 0.05) is 36.1 Å². The van der Waals surface area contributed by atoms with E-state index in [0.29, 0.717) is 30.2 Å². The summed E-state index contributed by atoms with van der Waals surface area (Å²) in [6, 6.07) is 26.3. The SMILES string of the molecule is NC(=O)CNC(=O)c1ccc(CNC(=O)CCc2nc(-c3ccccc3)c(-c3ccccc3)o2)cc1. The molecule has 0 bridgehead atoms. The van der Waals surface area contributed by atoms with E-state index < -0.39 is 5.91 Å². The Morgan fingerprint density at radius 3 is 2.08 bits per heavy atom. The van der Waals surface area contributed by atoms with Crippen LogP contribution >= 0.6 is 0 Å². The highest BCUT2D eigenvalue weighted by Gasteiger charge is 2.17. The summed E-state index contributed by atoms with van der Waals surface area (Å²) in [7, 11) is 0. The number of oxazole rings is 1. The number of carbonyl (C=O) groups is 3. The molecule has 0 aliphatic heterocycles. The Kier molecular flexibility index (Phi) is 7.87. The summed E-state index contributed by atoms with van der Waals surface area (Å²) in [5, 5.41) is 5.30. The standard InChI is InChI=1S/C28H26N4O4/c29-23(33)18-31-28(35)22-13-11-19(12-14-22)17-30-24(34)15-16-25-32-26(20-7-3-1-4-8-20)27(36-25)21-9-5-2-6-10-21/h1-14H,15-18H2,(H2,29,33)(H,30,34)(H,31,35). The van der Waals surface area contributed by atoms with Gasteiger partial charge < -0.3 is 20.8 Å². The second kappa shape index (κ2) is 11.6. The predicted octanol–water partition coefficient (Wildman–Crippen LogP) is 3.47. The van der Waals surface area contributed by atoms with E-state index in [2.05, 4.69) is 15.6 Å². The Morgan fingerprint density at radius 2 is 1.44 bits per heavy atom. The van der Waals surface area contributed by atoms with E-state index in [-0.39, 0.29) is 24.8 Å². The van der Waals surface area contributed by atoms with E-state index >= 15 is 0 Å². The fraction of sp³-hybridized carbons (Fsp3) is 0.143. The third-order valence-corrected chi connectivity index (χ3v) is 5.45. The van der Waals surface area contributed by atoms with Gasteiger partial charge in [0.05, 0.1) is 6.54 Å². The molecule has 4 aromatic rings. The van der Waals surface area contributed by atoms with Crippen LogP contribution in [0.15, 0.2) is 89.3 Å². The molecule has 0 fully saturated rings. The van der Waals surface area contributed by atoms with E-state index in [9.17, 15) is 14.4 Å². The number of hydrogen-bond donors (Lipinski definition) is 3. The quantitative estimate of drug-likeness (QED) is 0.319. The van der Waals surface area contributed by atoms with Crippen molar-refractivity contribution in [3.05, 3.63) is 102 Å². The normalized spacial score (nSPS) is 10.6. The zero-order chi connectivity index (χ0) is 25.3. The van der Waals surface area contributed by atoms with Crippen molar-refractivity contribution in [1.82, 2.24) is 15.6 Å². The molecule has 0 aliphatic carbocycles. The van der Waals surface area contributed by atoms with Gasteiger partial charge in [-0.2, -0.15) is 0 Å². The number of benzene rings is 3. The molecule has 0 saturated carbocycles. The second-order valence-electron chi connectivity index (χ2n) is 8.14. The number of nitrogens with two attached hydrogens (primary N) is 1. The zero-order valence-electron chi connectivity index (χ0n) is 19.6. The summed E-state index contributed by atoms with van der Waals surface area (Å²) in [6.45, 7) is 0.0962. The van der Waals surface area contributed by atoms with E-state index in [1.807, 2.05) is 60.7 Å². The summed E-state index contributed by atoms with van der Waals surface area (Å²) in [6.07, 6.45) is 0.577. The number of aryl methyl sites for hydroxylation is 1. The van der Waals surface area contributed by atoms with Gasteiger partial charge in [0.15, 0.2) is 11.7 Å². The molecule has 4 rings (SSSR count). The maximum absolute atomic E-state index is 12.5. The fourth-order valence-corrected chi connectivity index (χ4v) is 3.60. The first-order chi connectivity index (χ1) is 17.5. The molecule has 0 spiro atoms. The van der Waals surface area contributed by atoms with E-state index in [0.717, 1.165) is 22.4 Å². The summed E-state index contributed by atoms with van der Waals surface area (Å²) < 4.78 is 6.08. The van der Waals surface area contributed by atoms with Crippen molar-refractivity contribution in [3.8, 4) is 22.6 Å². The average molecular weight is 483 g/mol. The van der Waals surface area contributed by atoms with Crippen molar-refractivity contribution >= 4 is 17.7 Å². The number of nitrogens with zero attached hydrogens (tertiary/aromatic N) is 1. The number of carbonyl (C=O) groups excluding carboxylic acids is 3. The Labute approximate surface area is 208 Å². The molecule has 4 N–H and O–H groups in total. The van der Waals surface area contributed by atoms with Gasteiger partial charge in [-0.05, 0) is 17.7 Å². The van der Waals surface area contributed by atoms with Crippen LogP contribution in [-0.2, 0) is 22.6 Å². The van der Waals surface area contributed by atoms with Crippen LogP contribution in [0.2, 0.25) is 0 Å². The molecule has 0 saturated heterocycles. The predicted molar refractivity (Wildman–Crippen MR) is 136 cm³/mol. The topological polar surface area (TPSA) is 127 Å². The Hall–Kier alpha value is -4.72. The highest BCUT2D eigenvalue weighted by Crippen LogP contribution is 2.32. The minimum Gasteiger partial charge on any atom is -0.440 e. The third-order valence-electron chi connectivity index (χ3n) is 5.45. The smallest absolute Gasteiger partial charge is 0.251 e. The van der Waals surface area contributed by atoms with Gasteiger partial charge in [-0.1, -0.05) is 72.8 Å². The Balaban J connectivity index is 1.35. The number of nitrogens with one attached hydrogen (secondary N) is 2. The molecule has 36 heavy (non-hydrogen) atoms. The molecule has 0 unspecified atom stereocenters. The van der Waals surface area contributed by atoms with Crippen molar-refractivity contribution in [2.75, 3.05) is 6.54 Å². The van der Waals surface area contributed by atoms with Crippen LogP contribution in [0.1, 0.15) is 28.2 Å². The van der Waals surface area contributed by atoms with Gasteiger partial charge >= 0.3 is 0 Å². The van der Waals surface area contributed by atoms with Crippen LogP contribution in [0.25, 0.3) is 22.6 Å². The number of aromatic nitrogens is 1. The number of primary amides is 1. The molecular weight excluding hydrogens is 456 g/mol. The Morgan fingerprint density at radius 1 is 0.806 bits per heavy atom. The molecular formula is C28H26N4O4.